The fraction of sp³-hybridized carbons (Fsp3) is 0.500. The number of nitrogens with one attached hydrogen (secondary N) is 1. The van der Waals surface area contributed by atoms with Crippen LogP contribution in [0.5, 0.6) is 0 Å². The van der Waals surface area contributed by atoms with E-state index in [1.807, 2.05) is 13.0 Å². The predicted molar refractivity (Wildman–Crippen MR) is 62.8 cm³/mol. The van der Waals surface area contributed by atoms with Crippen LogP contribution in [0.2, 0.25) is 0 Å². The van der Waals surface area contributed by atoms with E-state index in [0.717, 1.165) is 24.1 Å². The number of aryl methyl sites for hydroxylation is 1. The summed E-state index contributed by atoms with van der Waals surface area (Å²) in [4.78, 5) is 0. The van der Waals surface area contributed by atoms with Gasteiger partial charge in [0.25, 0.3) is 0 Å². The van der Waals surface area contributed by atoms with Crippen LogP contribution in [0, 0.1) is 12.7 Å². The molecule has 1 atom stereocenters. The largest absolute Gasteiger partial charge is 0.309 e. The first-order valence-corrected chi connectivity index (χ1v) is 5.75. The van der Waals surface area contributed by atoms with E-state index in [0.29, 0.717) is 11.9 Å². The summed E-state index contributed by atoms with van der Waals surface area (Å²) in [7, 11) is 0. The first-order valence-electron chi connectivity index (χ1n) is 5.21. The number of hydrogen-bond acceptors (Lipinski definition) is 1. The fourth-order valence-electron chi connectivity index (χ4n) is 1.42. The van der Waals surface area contributed by atoms with Gasteiger partial charge in [-0.15, -0.1) is 11.6 Å². The van der Waals surface area contributed by atoms with E-state index in [9.17, 15) is 4.39 Å². The quantitative estimate of drug-likeness (QED) is 0.765. The van der Waals surface area contributed by atoms with E-state index < -0.39 is 0 Å². The molecular formula is C12H17ClFN. The van der Waals surface area contributed by atoms with Crippen LogP contribution < -0.4 is 5.32 Å². The van der Waals surface area contributed by atoms with Crippen LogP contribution in [0.3, 0.4) is 0 Å². The third kappa shape index (κ3) is 3.80. The average molecular weight is 230 g/mol. The van der Waals surface area contributed by atoms with Crippen molar-refractivity contribution in [2.75, 3.05) is 5.88 Å². The van der Waals surface area contributed by atoms with E-state index in [-0.39, 0.29) is 5.82 Å². The van der Waals surface area contributed by atoms with Crippen molar-refractivity contribution < 1.29 is 4.39 Å². The highest BCUT2D eigenvalue weighted by Crippen LogP contribution is 2.10. The van der Waals surface area contributed by atoms with Gasteiger partial charge in [0.1, 0.15) is 5.82 Å². The minimum atomic E-state index is -0.180. The summed E-state index contributed by atoms with van der Waals surface area (Å²) >= 11 is 5.78. The third-order valence-corrected chi connectivity index (χ3v) is 2.94. The van der Waals surface area contributed by atoms with Crippen molar-refractivity contribution in [3.63, 3.8) is 0 Å². The van der Waals surface area contributed by atoms with Gasteiger partial charge in [-0.3, -0.25) is 0 Å². The van der Waals surface area contributed by atoms with Gasteiger partial charge in [0.05, 0.1) is 0 Å². The minimum Gasteiger partial charge on any atom is -0.309 e. The predicted octanol–water partition coefficient (Wildman–Crippen LogP) is 3.24. The van der Waals surface area contributed by atoms with E-state index in [1.165, 1.54) is 6.07 Å². The number of alkyl halides is 1. The Balaban J connectivity index is 2.57. The van der Waals surface area contributed by atoms with Gasteiger partial charge in [0.2, 0.25) is 0 Å². The van der Waals surface area contributed by atoms with Crippen LogP contribution in [0.15, 0.2) is 18.2 Å². The lowest BCUT2D eigenvalue weighted by atomic mass is 10.1. The standard InChI is InChI=1S/C12H17ClFN/c1-3-12(7-13)15-8-10-4-5-11(14)6-9(10)2/h4-6,12,15H,3,7-8H2,1-2H3. The molecule has 84 valence electrons. The second-order valence-corrected chi connectivity index (χ2v) is 4.02. The molecule has 1 N–H and O–H groups in total. The molecule has 0 bridgehead atoms. The van der Waals surface area contributed by atoms with Crippen molar-refractivity contribution >= 4 is 11.6 Å². The van der Waals surface area contributed by atoms with E-state index in [2.05, 4.69) is 12.2 Å². The SMILES string of the molecule is CCC(CCl)NCc1ccc(F)cc1C. The Kier molecular flexibility index (Phi) is 5.06. The normalized spacial score (nSPS) is 12.8. The molecule has 0 aliphatic rings. The molecule has 1 nitrogen and oxygen atoms in total. The lowest BCUT2D eigenvalue weighted by molar-refractivity contribution is 0.537. The Hall–Kier alpha value is -0.600. The number of benzene rings is 1. The molecule has 0 radical (unpaired) electrons. The first kappa shape index (κ1) is 12.5. The average Bonchev–Trinajstić information content (AvgIpc) is 2.22. The molecule has 0 saturated carbocycles. The van der Waals surface area contributed by atoms with E-state index in [4.69, 9.17) is 11.6 Å². The van der Waals surface area contributed by atoms with Crippen LogP contribution >= 0.6 is 11.6 Å². The Morgan fingerprint density at radius 1 is 1.47 bits per heavy atom. The summed E-state index contributed by atoms with van der Waals surface area (Å²) in [6.45, 7) is 4.76. The summed E-state index contributed by atoms with van der Waals surface area (Å²) in [5.41, 5.74) is 2.10. The summed E-state index contributed by atoms with van der Waals surface area (Å²) in [5, 5.41) is 3.34. The second kappa shape index (κ2) is 6.09. The van der Waals surface area contributed by atoms with Crippen molar-refractivity contribution in [1.29, 1.82) is 0 Å². The molecule has 0 amide bonds. The monoisotopic (exact) mass is 229 g/mol. The molecule has 1 unspecified atom stereocenters. The van der Waals surface area contributed by atoms with Crippen LogP contribution in [0.4, 0.5) is 4.39 Å². The summed E-state index contributed by atoms with van der Waals surface area (Å²) in [6, 6.07) is 5.19. The van der Waals surface area contributed by atoms with Gasteiger partial charge in [0, 0.05) is 18.5 Å². The molecule has 0 aromatic heterocycles. The smallest absolute Gasteiger partial charge is 0.123 e. The van der Waals surface area contributed by atoms with Gasteiger partial charge in [-0.05, 0) is 36.6 Å². The summed E-state index contributed by atoms with van der Waals surface area (Å²) in [5.74, 6) is 0.428. The van der Waals surface area contributed by atoms with E-state index in [1.54, 1.807) is 6.07 Å². The number of halogens is 2. The van der Waals surface area contributed by atoms with Crippen molar-refractivity contribution in [2.45, 2.75) is 32.9 Å². The van der Waals surface area contributed by atoms with Crippen LogP contribution in [0.25, 0.3) is 0 Å². The molecule has 1 aromatic rings. The molecule has 0 aliphatic heterocycles. The van der Waals surface area contributed by atoms with Crippen LogP contribution in [-0.2, 0) is 6.54 Å². The fourth-order valence-corrected chi connectivity index (χ4v) is 1.75. The van der Waals surface area contributed by atoms with Gasteiger partial charge in [0.15, 0.2) is 0 Å². The van der Waals surface area contributed by atoms with Gasteiger partial charge in [-0.2, -0.15) is 0 Å². The first-order chi connectivity index (χ1) is 7.17. The molecule has 1 aromatic carbocycles. The third-order valence-electron chi connectivity index (χ3n) is 2.56. The Morgan fingerprint density at radius 2 is 2.20 bits per heavy atom. The van der Waals surface area contributed by atoms with Crippen molar-refractivity contribution in [1.82, 2.24) is 5.32 Å². The zero-order chi connectivity index (χ0) is 11.3. The molecule has 0 heterocycles. The minimum absolute atomic E-state index is 0.180. The topological polar surface area (TPSA) is 12.0 Å². The maximum Gasteiger partial charge on any atom is 0.123 e. The molecule has 15 heavy (non-hydrogen) atoms. The van der Waals surface area contributed by atoms with Gasteiger partial charge in [-0.1, -0.05) is 13.0 Å². The highest BCUT2D eigenvalue weighted by atomic mass is 35.5. The Labute approximate surface area is 95.6 Å². The second-order valence-electron chi connectivity index (χ2n) is 3.71. The van der Waals surface area contributed by atoms with Gasteiger partial charge >= 0.3 is 0 Å². The summed E-state index contributed by atoms with van der Waals surface area (Å²) < 4.78 is 12.8. The molecule has 1 rings (SSSR count). The van der Waals surface area contributed by atoms with Crippen LogP contribution in [0.1, 0.15) is 24.5 Å². The zero-order valence-electron chi connectivity index (χ0n) is 9.19. The molecule has 0 aliphatic carbocycles. The maximum absolute atomic E-state index is 12.8. The molecule has 0 fully saturated rings. The van der Waals surface area contributed by atoms with Crippen molar-refractivity contribution in [3.05, 3.63) is 35.1 Å². The van der Waals surface area contributed by atoms with E-state index >= 15 is 0 Å². The van der Waals surface area contributed by atoms with Gasteiger partial charge in [-0.25, -0.2) is 4.39 Å². The number of rotatable bonds is 5. The molecule has 0 saturated heterocycles. The number of hydrogen-bond donors (Lipinski definition) is 1. The Morgan fingerprint density at radius 3 is 2.73 bits per heavy atom. The van der Waals surface area contributed by atoms with Crippen molar-refractivity contribution in [2.24, 2.45) is 0 Å². The highest BCUT2D eigenvalue weighted by Gasteiger charge is 2.05. The zero-order valence-corrected chi connectivity index (χ0v) is 9.94. The Bertz CT molecular complexity index is 310. The molecule has 0 spiro atoms. The van der Waals surface area contributed by atoms with Crippen LogP contribution in [-0.4, -0.2) is 11.9 Å². The molecule has 3 heteroatoms. The summed E-state index contributed by atoms with van der Waals surface area (Å²) in [6.07, 6.45) is 1.00. The van der Waals surface area contributed by atoms with Crippen molar-refractivity contribution in [3.8, 4) is 0 Å². The lowest BCUT2D eigenvalue weighted by Crippen LogP contribution is -2.29. The highest BCUT2D eigenvalue weighted by molar-refractivity contribution is 6.18. The lowest BCUT2D eigenvalue weighted by Gasteiger charge is -2.14. The molecular weight excluding hydrogens is 213 g/mol. The van der Waals surface area contributed by atoms with Gasteiger partial charge < -0.3 is 5.32 Å². The maximum atomic E-state index is 12.8.